The molecular weight excluding hydrogens is 155 g/mol. The first-order chi connectivity index (χ1) is 5.75. The molecule has 1 aliphatic rings. The van der Waals surface area contributed by atoms with E-state index in [0.717, 1.165) is 12.0 Å². The summed E-state index contributed by atoms with van der Waals surface area (Å²) in [6.45, 7) is 0. The lowest BCUT2D eigenvalue weighted by molar-refractivity contribution is 0.467. The van der Waals surface area contributed by atoms with Crippen LogP contribution in [0.15, 0.2) is 18.2 Å². The zero-order valence-corrected chi connectivity index (χ0v) is 6.76. The van der Waals surface area contributed by atoms with Crippen LogP contribution in [0.5, 0.6) is 5.75 Å². The summed E-state index contributed by atoms with van der Waals surface area (Å²) in [5.41, 5.74) is 0.732. The fraction of sp³-hybridized carbons (Fsp3) is 0.400. The smallest absolute Gasteiger partial charge is 0.130 e. The second-order valence-corrected chi connectivity index (χ2v) is 3.42. The third kappa shape index (κ3) is 1.58. The molecule has 64 valence electrons. The second-order valence-electron chi connectivity index (χ2n) is 3.42. The first kappa shape index (κ1) is 7.59. The zero-order valence-electron chi connectivity index (χ0n) is 6.76. The van der Waals surface area contributed by atoms with Crippen molar-refractivity contribution in [2.75, 3.05) is 0 Å². The highest BCUT2D eigenvalue weighted by Crippen LogP contribution is 2.33. The van der Waals surface area contributed by atoms with Gasteiger partial charge in [-0.1, -0.05) is 6.07 Å². The molecule has 0 spiro atoms. The van der Waals surface area contributed by atoms with Crippen LogP contribution in [0.1, 0.15) is 18.4 Å². The van der Waals surface area contributed by atoms with Gasteiger partial charge in [-0.05, 0) is 36.8 Å². The largest absolute Gasteiger partial charge is 0.508 e. The van der Waals surface area contributed by atoms with Crippen LogP contribution in [-0.2, 0) is 6.42 Å². The average molecular weight is 166 g/mol. The van der Waals surface area contributed by atoms with E-state index in [2.05, 4.69) is 0 Å². The molecule has 1 N–H and O–H groups in total. The van der Waals surface area contributed by atoms with Crippen molar-refractivity contribution in [3.63, 3.8) is 0 Å². The highest BCUT2D eigenvalue weighted by molar-refractivity contribution is 5.28. The Kier molecular flexibility index (Phi) is 1.75. The molecule has 0 bridgehead atoms. The summed E-state index contributed by atoms with van der Waals surface area (Å²) in [6.07, 6.45) is 3.27. The van der Waals surface area contributed by atoms with E-state index in [1.54, 1.807) is 12.1 Å². The minimum atomic E-state index is -0.276. The van der Waals surface area contributed by atoms with Crippen LogP contribution in [-0.4, -0.2) is 5.11 Å². The molecule has 0 atom stereocenters. The number of aromatic hydroxyl groups is 1. The summed E-state index contributed by atoms with van der Waals surface area (Å²) < 4.78 is 13.1. The zero-order chi connectivity index (χ0) is 8.55. The molecule has 0 heterocycles. The molecule has 0 unspecified atom stereocenters. The number of phenolic OH excluding ortho intramolecular Hbond substituents is 1. The number of halogens is 1. The maximum Gasteiger partial charge on any atom is 0.130 e. The molecule has 1 aromatic carbocycles. The average Bonchev–Trinajstić information content (AvgIpc) is 2.79. The standard InChI is InChI=1S/C10H11FO/c11-10-6-9(12)4-3-8(10)5-7-1-2-7/h3-4,6-7,12H,1-2,5H2. The van der Waals surface area contributed by atoms with E-state index in [0.29, 0.717) is 5.92 Å². The molecule has 1 fully saturated rings. The van der Waals surface area contributed by atoms with E-state index in [4.69, 9.17) is 5.11 Å². The van der Waals surface area contributed by atoms with Crippen molar-refractivity contribution >= 4 is 0 Å². The molecule has 1 aromatic rings. The van der Waals surface area contributed by atoms with Gasteiger partial charge in [0.25, 0.3) is 0 Å². The van der Waals surface area contributed by atoms with E-state index < -0.39 is 0 Å². The van der Waals surface area contributed by atoms with Crippen LogP contribution in [0, 0.1) is 11.7 Å². The van der Waals surface area contributed by atoms with Crippen molar-refractivity contribution in [2.24, 2.45) is 5.92 Å². The van der Waals surface area contributed by atoms with Gasteiger partial charge < -0.3 is 5.11 Å². The molecule has 2 rings (SSSR count). The predicted octanol–water partition coefficient (Wildman–Crippen LogP) is 2.48. The normalized spacial score (nSPS) is 16.4. The molecule has 0 amide bonds. The molecule has 1 saturated carbocycles. The van der Waals surface area contributed by atoms with Crippen LogP contribution >= 0.6 is 0 Å². The number of hydrogen-bond donors (Lipinski definition) is 1. The van der Waals surface area contributed by atoms with Crippen molar-refractivity contribution in [3.8, 4) is 5.75 Å². The highest BCUT2D eigenvalue weighted by Gasteiger charge is 2.22. The van der Waals surface area contributed by atoms with Crippen molar-refractivity contribution < 1.29 is 9.50 Å². The third-order valence-corrected chi connectivity index (χ3v) is 2.24. The Hall–Kier alpha value is -1.05. The maximum atomic E-state index is 13.1. The molecule has 0 radical (unpaired) electrons. The molecule has 1 nitrogen and oxygen atoms in total. The molecule has 0 saturated heterocycles. The lowest BCUT2D eigenvalue weighted by Crippen LogP contribution is -1.91. The van der Waals surface area contributed by atoms with Gasteiger partial charge in [0.2, 0.25) is 0 Å². The Bertz CT molecular complexity index is 292. The highest BCUT2D eigenvalue weighted by atomic mass is 19.1. The first-order valence-electron chi connectivity index (χ1n) is 4.23. The monoisotopic (exact) mass is 166 g/mol. The van der Waals surface area contributed by atoms with Crippen molar-refractivity contribution in [3.05, 3.63) is 29.6 Å². The molecule has 0 aromatic heterocycles. The summed E-state index contributed by atoms with van der Waals surface area (Å²) in [4.78, 5) is 0. The Morgan fingerprint density at radius 2 is 2.17 bits per heavy atom. The van der Waals surface area contributed by atoms with Gasteiger partial charge in [-0.2, -0.15) is 0 Å². The Labute approximate surface area is 70.8 Å². The minimum Gasteiger partial charge on any atom is -0.508 e. The lowest BCUT2D eigenvalue weighted by Gasteiger charge is -2.01. The molecule has 2 heteroatoms. The quantitative estimate of drug-likeness (QED) is 0.715. The van der Waals surface area contributed by atoms with Gasteiger partial charge in [0.1, 0.15) is 11.6 Å². The van der Waals surface area contributed by atoms with Crippen molar-refractivity contribution in [2.45, 2.75) is 19.3 Å². The minimum absolute atomic E-state index is 0.00652. The van der Waals surface area contributed by atoms with Gasteiger partial charge in [0, 0.05) is 6.07 Å². The summed E-state index contributed by atoms with van der Waals surface area (Å²) in [5.74, 6) is 0.415. The number of benzene rings is 1. The molecule has 12 heavy (non-hydrogen) atoms. The van der Waals surface area contributed by atoms with Gasteiger partial charge in [0.05, 0.1) is 0 Å². The fourth-order valence-corrected chi connectivity index (χ4v) is 1.33. The van der Waals surface area contributed by atoms with Crippen LogP contribution in [0.25, 0.3) is 0 Å². The van der Waals surface area contributed by atoms with Gasteiger partial charge in [-0.3, -0.25) is 0 Å². The summed E-state index contributed by atoms with van der Waals surface area (Å²) in [7, 11) is 0. The molecule has 0 aliphatic heterocycles. The predicted molar refractivity (Wildman–Crippen MR) is 44.5 cm³/mol. The summed E-state index contributed by atoms with van der Waals surface area (Å²) in [6, 6.07) is 4.39. The van der Waals surface area contributed by atoms with Crippen LogP contribution in [0.3, 0.4) is 0 Å². The fourth-order valence-electron chi connectivity index (χ4n) is 1.33. The Balaban J connectivity index is 2.18. The van der Waals surface area contributed by atoms with Crippen molar-refractivity contribution in [1.29, 1.82) is 0 Å². The molecular formula is C10H11FO. The van der Waals surface area contributed by atoms with E-state index in [1.165, 1.54) is 18.9 Å². The summed E-state index contributed by atoms with van der Waals surface area (Å²) >= 11 is 0. The topological polar surface area (TPSA) is 20.2 Å². The van der Waals surface area contributed by atoms with E-state index in [-0.39, 0.29) is 11.6 Å². The van der Waals surface area contributed by atoms with Crippen LogP contribution < -0.4 is 0 Å². The Morgan fingerprint density at radius 3 is 2.75 bits per heavy atom. The Morgan fingerprint density at radius 1 is 1.42 bits per heavy atom. The third-order valence-electron chi connectivity index (χ3n) is 2.24. The number of hydrogen-bond acceptors (Lipinski definition) is 1. The van der Waals surface area contributed by atoms with E-state index in [1.807, 2.05) is 0 Å². The van der Waals surface area contributed by atoms with Crippen molar-refractivity contribution in [1.82, 2.24) is 0 Å². The SMILES string of the molecule is Oc1ccc(CC2CC2)c(F)c1. The second kappa shape index (κ2) is 2.77. The first-order valence-corrected chi connectivity index (χ1v) is 4.23. The molecule has 1 aliphatic carbocycles. The van der Waals surface area contributed by atoms with Gasteiger partial charge >= 0.3 is 0 Å². The van der Waals surface area contributed by atoms with Gasteiger partial charge in [0.15, 0.2) is 0 Å². The van der Waals surface area contributed by atoms with Gasteiger partial charge in [-0.15, -0.1) is 0 Å². The van der Waals surface area contributed by atoms with Crippen LogP contribution in [0.2, 0.25) is 0 Å². The maximum absolute atomic E-state index is 13.1. The summed E-state index contributed by atoms with van der Waals surface area (Å²) in [5, 5.41) is 8.95. The van der Waals surface area contributed by atoms with Gasteiger partial charge in [-0.25, -0.2) is 4.39 Å². The van der Waals surface area contributed by atoms with E-state index in [9.17, 15) is 4.39 Å². The number of phenols is 1. The number of rotatable bonds is 2. The lowest BCUT2D eigenvalue weighted by atomic mass is 10.1. The van der Waals surface area contributed by atoms with E-state index >= 15 is 0 Å². The van der Waals surface area contributed by atoms with Crippen LogP contribution in [0.4, 0.5) is 4.39 Å².